The summed E-state index contributed by atoms with van der Waals surface area (Å²) in [5.74, 6) is -0.715. The minimum Gasteiger partial charge on any atom is -0.480 e. The summed E-state index contributed by atoms with van der Waals surface area (Å²) < 4.78 is 1.21. The summed E-state index contributed by atoms with van der Waals surface area (Å²) >= 11 is 0. The van der Waals surface area contributed by atoms with Gasteiger partial charge in [-0.2, -0.15) is 0 Å². The smallest absolute Gasteiger partial charge is 0.325 e. The molecule has 1 atom stereocenters. The van der Waals surface area contributed by atoms with Crippen molar-refractivity contribution in [3.63, 3.8) is 0 Å². The molecule has 1 amide bonds. The lowest BCUT2D eigenvalue weighted by molar-refractivity contribution is -0.137. The third-order valence-corrected chi connectivity index (χ3v) is 2.24. The van der Waals surface area contributed by atoms with E-state index in [9.17, 15) is 9.59 Å². The number of aliphatic carboxylic acids is 1. The van der Waals surface area contributed by atoms with Crippen LogP contribution >= 0.6 is 0 Å². The van der Waals surface area contributed by atoms with Crippen LogP contribution in [0.2, 0.25) is 0 Å². The first-order chi connectivity index (χ1) is 8.04. The van der Waals surface area contributed by atoms with Gasteiger partial charge in [0.05, 0.1) is 11.5 Å². The molecule has 8 nitrogen and oxygen atoms in total. The van der Waals surface area contributed by atoms with Gasteiger partial charge in [-0.1, -0.05) is 11.8 Å². The van der Waals surface area contributed by atoms with Crippen LogP contribution in [0.5, 0.6) is 0 Å². The number of hydrogen-bond acceptors (Lipinski definition) is 5. The molecule has 0 bridgehead atoms. The fraction of sp³-hybridized carbons (Fsp3) is 0.333. The van der Waals surface area contributed by atoms with E-state index in [0.29, 0.717) is 17.9 Å². The average molecular weight is 237 g/mol. The third-order valence-electron chi connectivity index (χ3n) is 2.24. The molecule has 2 rings (SSSR count). The van der Waals surface area contributed by atoms with E-state index in [1.54, 1.807) is 0 Å². The molecule has 0 radical (unpaired) electrons. The number of rotatable bonds is 4. The van der Waals surface area contributed by atoms with E-state index in [0.717, 1.165) is 0 Å². The van der Waals surface area contributed by atoms with Crippen LogP contribution < -0.4 is 10.6 Å². The molecule has 1 aliphatic heterocycles. The molecule has 1 aliphatic rings. The zero-order valence-corrected chi connectivity index (χ0v) is 8.88. The van der Waals surface area contributed by atoms with Gasteiger partial charge in [-0.15, -0.1) is 5.10 Å². The Bertz CT molecular complexity index is 481. The third kappa shape index (κ3) is 2.60. The molecule has 3 N–H and O–H groups in total. The second-order valence-corrected chi connectivity index (χ2v) is 3.67. The Kier molecular flexibility index (Phi) is 2.77. The Labute approximate surface area is 96.3 Å². The molecule has 8 heteroatoms. The highest BCUT2D eigenvalue weighted by atomic mass is 16.4. The van der Waals surface area contributed by atoms with Gasteiger partial charge in [-0.3, -0.25) is 9.59 Å². The molecular formula is C9H11N5O3. The van der Waals surface area contributed by atoms with Gasteiger partial charge in [-0.05, 0) is 0 Å². The maximum Gasteiger partial charge on any atom is 0.325 e. The van der Waals surface area contributed by atoms with Gasteiger partial charge in [0.25, 0.3) is 0 Å². The summed E-state index contributed by atoms with van der Waals surface area (Å²) in [5, 5.41) is 21.4. The lowest BCUT2D eigenvalue weighted by Gasteiger charge is -2.03. The summed E-state index contributed by atoms with van der Waals surface area (Å²) in [6.07, 6.45) is 1.84. The van der Waals surface area contributed by atoms with Gasteiger partial charge < -0.3 is 15.7 Å². The van der Waals surface area contributed by atoms with Crippen LogP contribution in [-0.4, -0.2) is 38.0 Å². The van der Waals surface area contributed by atoms with Crippen molar-refractivity contribution in [1.29, 1.82) is 0 Å². The normalized spacial score (nSPS) is 18.9. The van der Waals surface area contributed by atoms with Crippen LogP contribution in [0.1, 0.15) is 5.69 Å². The van der Waals surface area contributed by atoms with E-state index in [1.165, 1.54) is 10.9 Å². The van der Waals surface area contributed by atoms with Crippen molar-refractivity contribution in [1.82, 2.24) is 25.6 Å². The van der Waals surface area contributed by atoms with Crippen LogP contribution in [0.3, 0.4) is 0 Å². The molecule has 1 fully saturated rings. The molecule has 0 spiro atoms. The van der Waals surface area contributed by atoms with E-state index in [1.807, 2.05) is 0 Å². The maximum atomic E-state index is 11.4. The Morgan fingerprint density at radius 3 is 3.00 bits per heavy atom. The zero-order valence-electron chi connectivity index (χ0n) is 8.88. The molecule has 1 unspecified atom stereocenters. The van der Waals surface area contributed by atoms with Gasteiger partial charge in [0, 0.05) is 12.6 Å². The molecule has 2 heterocycles. The minimum atomic E-state index is -0.994. The summed E-state index contributed by atoms with van der Waals surface area (Å²) in [4.78, 5) is 21.8. The van der Waals surface area contributed by atoms with E-state index in [-0.39, 0.29) is 12.5 Å². The predicted molar refractivity (Wildman–Crippen MR) is 55.6 cm³/mol. The van der Waals surface area contributed by atoms with E-state index in [4.69, 9.17) is 5.11 Å². The number of carbonyl (C=O) groups is 2. The first-order valence-corrected chi connectivity index (χ1v) is 4.91. The van der Waals surface area contributed by atoms with Crippen LogP contribution in [0, 0.1) is 0 Å². The van der Waals surface area contributed by atoms with Gasteiger partial charge in [-0.25, -0.2) is 4.68 Å². The van der Waals surface area contributed by atoms with Gasteiger partial charge in [0.2, 0.25) is 5.91 Å². The fourth-order valence-electron chi connectivity index (χ4n) is 1.55. The predicted octanol–water partition coefficient (Wildman–Crippen LogP) is -1.54. The average Bonchev–Trinajstić information content (AvgIpc) is 2.74. The second-order valence-electron chi connectivity index (χ2n) is 3.67. The zero-order chi connectivity index (χ0) is 12.4. The number of carboxylic acids is 1. The highest BCUT2D eigenvalue weighted by molar-refractivity contribution is 5.86. The molecule has 0 aliphatic carbocycles. The topological polar surface area (TPSA) is 109 Å². The van der Waals surface area contributed by atoms with Crippen molar-refractivity contribution < 1.29 is 14.7 Å². The summed E-state index contributed by atoms with van der Waals surface area (Å²) in [5.41, 5.74) is 0.550. The highest BCUT2D eigenvalue weighted by Crippen LogP contribution is 2.05. The van der Waals surface area contributed by atoms with Gasteiger partial charge in [0.1, 0.15) is 12.6 Å². The first kappa shape index (κ1) is 11.1. The molecule has 1 saturated heterocycles. The number of amides is 1. The van der Waals surface area contributed by atoms with E-state index >= 15 is 0 Å². The van der Waals surface area contributed by atoms with Crippen LogP contribution in [0.4, 0.5) is 0 Å². The Morgan fingerprint density at radius 1 is 1.65 bits per heavy atom. The van der Waals surface area contributed by atoms with Crippen molar-refractivity contribution in [2.45, 2.75) is 19.0 Å². The fourth-order valence-corrected chi connectivity index (χ4v) is 1.55. The Hall–Kier alpha value is -2.38. The van der Waals surface area contributed by atoms with Crippen molar-refractivity contribution in [3.05, 3.63) is 24.3 Å². The molecule has 17 heavy (non-hydrogen) atoms. The summed E-state index contributed by atoms with van der Waals surface area (Å²) in [6, 6.07) is -0.433. The number of nitrogens with zero attached hydrogens (tertiary/aromatic N) is 3. The van der Waals surface area contributed by atoms with Crippen molar-refractivity contribution in [2.24, 2.45) is 0 Å². The lowest BCUT2D eigenvalue weighted by Crippen LogP contribution is -2.30. The summed E-state index contributed by atoms with van der Waals surface area (Å²) in [7, 11) is 0. The van der Waals surface area contributed by atoms with E-state index < -0.39 is 12.0 Å². The Morgan fingerprint density at radius 2 is 2.41 bits per heavy atom. The van der Waals surface area contributed by atoms with E-state index in [2.05, 4.69) is 27.5 Å². The minimum absolute atomic E-state index is 0.178. The molecule has 1 aromatic heterocycles. The lowest BCUT2D eigenvalue weighted by atomic mass is 10.2. The van der Waals surface area contributed by atoms with Crippen molar-refractivity contribution in [2.75, 3.05) is 0 Å². The second kappa shape index (κ2) is 4.24. The number of nitrogens with one attached hydrogen (secondary N) is 2. The Balaban J connectivity index is 1.99. The SMILES string of the molecule is C=C1NC(=O)C(Cc2cn(CC(=O)O)nn2)N1. The van der Waals surface area contributed by atoms with Crippen LogP contribution in [0.15, 0.2) is 18.6 Å². The number of carbonyl (C=O) groups excluding carboxylic acids is 1. The number of carboxylic acid groups (broad SMARTS) is 1. The quantitative estimate of drug-likeness (QED) is 0.586. The standard InChI is InChI=1S/C9H11N5O3/c1-5-10-7(9(17)11-5)2-6-3-14(13-12-6)4-8(15)16/h3,7,10H,1-2,4H2,(H,11,17)(H,15,16). The molecule has 0 saturated carbocycles. The largest absolute Gasteiger partial charge is 0.480 e. The molecule has 90 valence electrons. The summed E-state index contributed by atoms with van der Waals surface area (Å²) in [6.45, 7) is 3.33. The highest BCUT2D eigenvalue weighted by Gasteiger charge is 2.26. The van der Waals surface area contributed by atoms with Crippen molar-refractivity contribution >= 4 is 11.9 Å². The van der Waals surface area contributed by atoms with Gasteiger partial charge >= 0.3 is 5.97 Å². The number of aromatic nitrogens is 3. The number of hydrogen-bond donors (Lipinski definition) is 3. The van der Waals surface area contributed by atoms with Crippen molar-refractivity contribution in [3.8, 4) is 0 Å². The maximum absolute atomic E-state index is 11.4. The van der Waals surface area contributed by atoms with Crippen LogP contribution in [-0.2, 0) is 22.6 Å². The van der Waals surface area contributed by atoms with Crippen LogP contribution in [0.25, 0.3) is 0 Å². The molecule has 0 aromatic carbocycles. The van der Waals surface area contributed by atoms with Gasteiger partial charge in [0.15, 0.2) is 0 Å². The monoisotopic (exact) mass is 237 g/mol. The molecule has 1 aromatic rings. The first-order valence-electron chi connectivity index (χ1n) is 4.91. The molecular weight excluding hydrogens is 226 g/mol.